The molecule has 12 heteroatoms. The Hall–Kier alpha value is -10.7. The second-order valence-electron chi connectivity index (χ2n) is 17.1. The minimum atomic E-state index is 0.831. The predicted octanol–water partition coefficient (Wildman–Crippen LogP) is 15.1. The van der Waals surface area contributed by atoms with Gasteiger partial charge in [0.1, 0.15) is 11.6 Å². The Morgan fingerprint density at radius 2 is 0.329 bits per heavy atom. The fourth-order valence-corrected chi connectivity index (χ4v) is 8.07. The van der Waals surface area contributed by atoms with Crippen LogP contribution in [-0.4, -0.2) is 49.8 Å². The van der Waals surface area contributed by atoms with Crippen LogP contribution in [0.1, 0.15) is 0 Å². The van der Waals surface area contributed by atoms with Crippen LogP contribution in [0.15, 0.2) is 267 Å². The molecule has 0 saturated heterocycles. The second-order valence-corrected chi connectivity index (χ2v) is 17.1. The number of rotatable bonds is 4. The van der Waals surface area contributed by atoms with E-state index in [1.165, 1.54) is 0 Å². The molecule has 76 heavy (non-hydrogen) atoms. The van der Waals surface area contributed by atoms with Crippen LogP contribution >= 0.6 is 0 Å². The van der Waals surface area contributed by atoms with E-state index in [9.17, 15) is 0 Å². The van der Waals surface area contributed by atoms with E-state index in [-0.39, 0.29) is 0 Å². The monoisotopic (exact) mass is 982 g/mol. The summed E-state index contributed by atoms with van der Waals surface area (Å²) in [6.45, 7) is 0. The van der Waals surface area contributed by atoms with Gasteiger partial charge in [-0.25, -0.2) is 49.8 Å². The Morgan fingerprint density at radius 3 is 0.474 bits per heavy atom. The zero-order valence-corrected chi connectivity index (χ0v) is 40.9. The van der Waals surface area contributed by atoms with E-state index in [2.05, 4.69) is 60.5 Å². The summed E-state index contributed by atoms with van der Waals surface area (Å²) < 4.78 is 0. The molecule has 6 aromatic heterocycles. The minimum absolute atomic E-state index is 0.831. The third-order valence-corrected chi connectivity index (χ3v) is 11.7. The topological polar surface area (TPSA) is 153 Å². The first-order valence-corrected chi connectivity index (χ1v) is 24.6. The van der Waals surface area contributed by atoms with E-state index in [1.807, 2.05) is 255 Å². The molecule has 0 bridgehead atoms. The summed E-state index contributed by atoms with van der Waals surface area (Å²) in [5.74, 6) is 1.66. The Kier molecular flexibility index (Phi) is 14.5. The summed E-state index contributed by atoms with van der Waals surface area (Å²) >= 11 is 0. The van der Waals surface area contributed by atoms with Gasteiger partial charge in [-0.2, -0.15) is 0 Å². The maximum Gasteiger partial charge on any atom is 0.130 e. The Balaban J connectivity index is 0.000000102. The molecule has 0 aliphatic heterocycles. The van der Waals surface area contributed by atoms with Gasteiger partial charge in [0.15, 0.2) is 0 Å². The van der Waals surface area contributed by atoms with Crippen LogP contribution in [0, 0.1) is 0 Å². The molecule has 12 nitrogen and oxygen atoms in total. The van der Waals surface area contributed by atoms with Crippen molar-refractivity contribution in [1.82, 2.24) is 49.8 Å². The molecule has 2 N–H and O–H groups in total. The molecule has 0 atom stereocenters. The van der Waals surface area contributed by atoms with Crippen LogP contribution in [0.4, 0.5) is 23.0 Å². The fraction of sp³-hybridized carbons (Fsp3) is 0. The number of nitrogens with zero attached hydrogens (tertiary/aromatic N) is 10. The van der Waals surface area contributed by atoms with Gasteiger partial charge in [-0.3, -0.25) is 0 Å². The van der Waals surface area contributed by atoms with Crippen molar-refractivity contribution >= 4 is 111 Å². The normalized spacial score (nSPS) is 10.6. The largest absolute Gasteiger partial charge is 0.340 e. The van der Waals surface area contributed by atoms with Gasteiger partial charge in [-0.1, -0.05) is 109 Å². The number of hydrogen-bond acceptors (Lipinski definition) is 12. The van der Waals surface area contributed by atoms with Crippen LogP contribution in [0.25, 0.3) is 88.3 Å². The summed E-state index contributed by atoms with van der Waals surface area (Å²) in [6, 6.07) is 82.9. The highest BCUT2D eigenvalue weighted by atomic mass is 15.0. The van der Waals surface area contributed by atoms with Crippen molar-refractivity contribution in [2.45, 2.75) is 0 Å². The molecule has 0 fully saturated rings. The SMILES string of the molecule is c1ccc(Nc2ccc(Nc3ccccn3)cc2)nc1.c1ccc2nc3ccccc3nc2c1.c1ccc2nc3ccccc3nc2c1.c1ccc2nc3ccccc3nc2c1.c1ccc2nc3ccccc3nc2c1. The number of anilines is 4. The van der Waals surface area contributed by atoms with E-state index >= 15 is 0 Å². The zero-order valence-electron chi connectivity index (χ0n) is 40.9. The molecule has 0 aliphatic carbocycles. The van der Waals surface area contributed by atoms with Crippen LogP contribution < -0.4 is 10.6 Å². The maximum absolute atomic E-state index is 4.52. The molecule has 0 saturated carbocycles. The lowest BCUT2D eigenvalue weighted by molar-refractivity contribution is 1.30. The summed E-state index contributed by atoms with van der Waals surface area (Å²) in [4.78, 5) is 44.6. The fourth-order valence-electron chi connectivity index (χ4n) is 8.07. The molecule has 9 aromatic carbocycles. The predicted molar refractivity (Wildman–Crippen MR) is 310 cm³/mol. The van der Waals surface area contributed by atoms with Gasteiger partial charge in [0.25, 0.3) is 0 Å². The average molecular weight is 983 g/mol. The molecule has 0 amide bonds. The lowest BCUT2D eigenvalue weighted by Crippen LogP contribution is -1.94. The van der Waals surface area contributed by atoms with E-state index in [1.54, 1.807) is 12.4 Å². The highest BCUT2D eigenvalue weighted by Gasteiger charge is 2.03. The highest BCUT2D eigenvalue weighted by Crippen LogP contribution is 2.21. The first-order valence-electron chi connectivity index (χ1n) is 24.6. The lowest BCUT2D eigenvalue weighted by atomic mass is 10.2. The molecule has 0 radical (unpaired) electrons. The van der Waals surface area contributed by atoms with E-state index in [4.69, 9.17) is 0 Å². The molecule has 0 aliphatic rings. The Morgan fingerprint density at radius 1 is 0.171 bits per heavy atom. The number of pyridine rings is 2. The first kappa shape index (κ1) is 47.6. The molecule has 362 valence electrons. The lowest BCUT2D eigenvalue weighted by Gasteiger charge is -2.08. The van der Waals surface area contributed by atoms with Gasteiger partial charge in [-0.05, 0) is 146 Å². The van der Waals surface area contributed by atoms with E-state index < -0.39 is 0 Å². The summed E-state index contributed by atoms with van der Waals surface area (Å²) in [6.07, 6.45) is 3.53. The molecular formula is C64H46N12. The standard InChI is InChI=1S/C16H14N4.4C12H8N2/c1-3-11-17-15(5-1)19-13-7-9-14(10-8-13)20-16-6-2-4-12-18-16;4*1-2-6-10-9(5-1)13-11-7-3-4-8-12(11)14-10/h1-12H,(H,17,19)(H,18,20);4*1-8H. The molecule has 0 unspecified atom stereocenters. The van der Waals surface area contributed by atoms with Crippen LogP contribution in [0.5, 0.6) is 0 Å². The van der Waals surface area contributed by atoms with Gasteiger partial charge in [0, 0.05) is 23.8 Å². The third-order valence-electron chi connectivity index (χ3n) is 11.7. The summed E-state index contributed by atoms with van der Waals surface area (Å²) in [5.41, 5.74) is 17.2. The molecule has 0 spiro atoms. The van der Waals surface area contributed by atoms with Crippen molar-refractivity contribution in [3.63, 3.8) is 0 Å². The summed E-state index contributed by atoms with van der Waals surface area (Å²) in [7, 11) is 0. The van der Waals surface area contributed by atoms with Gasteiger partial charge >= 0.3 is 0 Å². The van der Waals surface area contributed by atoms with Crippen molar-refractivity contribution in [3.8, 4) is 0 Å². The molecule has 15 rings (SSSR count). The number of benzene rings is 9. The summed E-state index contributed by atoms with van der Waals surface area (Å²) in [5, 5.41) is 6.48. The molecule has 15 aromatic rings. The molecule has 6 heterocycles. The second kappa shape index (κ2) is 23.2. The average Bonchev–Trinajstić information content (AvgIpc) is 3.49. The Labute approximate surface area is 437 Å². The Bertz CT molecular complexity index is 3450. The van der Waals surface area contributed by atoms with Gasteiger partial charge < -0.3 is 10.6 Å². The van der Waals surface area contributed by atoms with Crippen molar-refractivity contribution in [3.05, 3.63) is 267 Å². The number of para-hydroxylation sites is 16. The van der Waals surface area contributed by atoms with Crippen molar-refractivity contribution in [2.75, 3.05) is 10.6 Å². The van der Waals surface area contributed by atoms with Crippen molar-refractivity contribution in [1.29, 1.82) is 0 Å². The highest BCUT2D eigenvalue weighted by molar-refractivity contribution is 5.89. The van der Waals surface area contributed by atoms with Crippen LogP contribution in [0.2, 0.25) is 0 Å². The van der Waals surface area contributed by atoms with Gasteiger partial charge in [-0.15, -0.1) is 0 Å². The van der Waals surface area contributed by atoms with Crippen molar-refractivity contribution in [2.24, 2.45) is 0 Å². The van der Waals surface area contributed by atoms with Crippen molar-refractivity contribution < 1.29 is 0 Å². The number of fused-ring (bicyclic) bond motifs is 8. The minimum Gasteiger partial charge on any atom is -0.340 e. The van der Waals surface area contributed by atoms with Crippen LogP contribution in [0.3, 0.4) is 0 Å². The number of hydrogen-bond donors (Lipinski definition) is 2. The van der Waals surface area contributed by atoms with Gasteiger partial charge in [0.05, 0.1) is 88.3 Å². The first-order chi connectivity index (χ1) is 37.6. The van der Waals surface area contributed by atoms with E-state index in [0.717, 1.165) is 111 Å². The maximum atomic E-state index is 4.52. The molecular weight excluding hydrogens is 937 g/mol. The zero-order chi connectivity index (χ0) is 51.1. The van der Waals surface area contributed by atoms with Crippen LogP contribution in [-0.2, 0) is 0 Å². The third kappa shape index (κ3) is 12.0. The number of aromatic nitrogens is 10. The quantitative estimate of drug-likeness (QED) is 0.161. The van der Waals surface area contributed by atoms with Gasteiger partial charge in [0.2, 0.25) is 0 Å². The number of nitrogens with one attached hydrogen (secondary N) is 2. The smallest absolute Gasteiger partial charge is 0.130 e. The van der Waals surface area contributed by atoms with E-state index in [0.29, 0.717) is 0 Å².